The standard InChI is InChI=1S/C19H31N11O6/c20-19(21)23-3-1-2-11-16(34)24-8-14(31)27-12(7-15(32)33)17(35)26-10-6-13(18(36)28-11)30(9-10)5-4-25-29-22/h10-13H,1-9H2,(H,24,34)(H,26,35)(H,27,31)(H,28,36)(H,32,33)(H4,20,21,23)/t10-,11-,12-,13-/m0/s1. The van der Waals surface area contributed by atoms with Gasteiger partial charge in [0.25, 0.3) is 0 Å². The van der Waals surface area contributed by atoms with Gasteiger partial charge in [0.05, 0.1) is 19.0 Å². The molecule has 0 saturated carbocycles. The largest absolute Gasteiger partial charge is 0.481 e. The van der Waals surface area contributed by atoms with E-state index in [-0.39, 0.29) is 45.0 Å². The number of aliphatic imine (C=N–C) groups is 1. The number of hydrogen-bond donors (Lipinski definition) is 7. The van der Waals surface area contributed by atoms with E-state index >= 15 is 0 Å². The second kappa shape index (κ2) is 13.7. The van der Waals surface area contributed by atoms with Crippen molar-refractivity contribution in [2.45, 2.75) is 49.9 Å². The summed E-state index contributed by atoms with van der Waals surface area (Å²) < 4.78 is 0. The Morgan fingerprint density at radius 2 is 1.83 bits per heavy atom. The summed E-state index contributed by atoms with van der Waals surface area (Å²) in [5, 5.41) is 22.7. The zero-order valence-electron chi connectivity index (χ0n) is 19.6. The number of fused-ring (bicyclic) bond motifs is 2. The average Bonchev–Trinajstić information content (AvgIpc) is 3.20. The van der Waals surface area contributed by atoms with Gasteiger partial charge in [0, 0.05) is 37.1 Å². The number of likely N-dealkylation sites (tertiary alicyclic amines) is 1. The summed E-state index contributed by atoms with van der Waals surface area (Å²) in [4.78, 5) is 70.5. The Kier molecular flexibility index (Phi) is 10.7. The quantitative estimate of drug-likeness (QED) is 0.0404. The maximum atomic E-state index is 13.2. The molecule has 36 heavy (non-hydrogen) atoms. The van der Waals surface area contributed by atoms with Crippen LogP contribution in [0.3, 0.4) is 0 Å². The number of carboxylic acid groups (broad SMARTS) is 1. The van der Waals surface area contributed by atoms with E-state index in [1.165, 1.54) is 0 Å². The first-order valence-corrected chi connectivity index (χ1v) is 11.3. The molecule has 0 radical (unpaired) electrons. The van der Waals surface area contributed by atoms with Crippen LogP contribution >= 0.6 is 0 Å². The van der Waals surface area contributed by atoms with Gasteiger partial charge in [-0.05, 0) is 24.8 Å². The van der Waals surface area contributed by atoms with Crippen molar-refractivity contribution in [1.82, 2.24) is 26.2 Å². The molecule has 4 amide bonds. The van der Waals surface area contributed by atoms with E-state index in [0.717, 1.165) is 0 Å². The van der Waals surface area contributed by atoms with Crippen LogP contribution in [-0.4, -0.2) is 102 Å². The molecule has 0 aromatic carbocycles. The highest BCUT2D eigenvalue weighted by atomic mass is 16.4. The van der Waals surface area contributed by atoms with E-state index in [1.54, 1.807) is 4.90 Å². The van der Waals surface area contributed by atoms with E-state index < -0.39 is 66.7 Å². The molecular formula is C19H31N11O6. The van der Waals surface area contributed by atoms with Crippen LogP contribution in [0.2, 0.25) is 0 Å². The van der Waals surface area contributed by atoms with Gasteiger partial charge in [-0.25, -0.2) is 0 Å². The Morgan fingerprint density at radius 3 is 2.50 bits per heavy atom. The van der Waals surface area contributed by atoms with Crippen molar-refractivity contribution in [3.05, 3.63) is 10.4 Å². The van der Waals surface area contributed by atoms with Gasteiger partial charge in [0.1, 0.15) is 12.1 Å². The van der Waals surface area contributed by atoms with Crippen molar-refractivity contribution in [3.63, 3.8) is 0 Å². The van der Waals surface area contributed by atoms with E-state index in [1.807, 2.05) is 0 Å². The highest BCUT2D eigenvalue weighted by molar-refractivity contribution is 5.94. The fraction of sp³-hybridized carbons (Fsp3) is 0.684. The minimum Gasteiger partial charge on any atom is -0.481 e. The zero-order valence-corrected chi connectivity index (χ0v) is 19.6. The van der Waals surface area contributed by atoms with Crippen molar-refractivity contribution in [2.75, 3.05) is 32.7 Å². The van der Waals surface area contributed by atoms with Crippen LogP contribution < -0.4 is 32.7 Å². The van der Waals surface area contributed by atoms with Crippen LogP contribution in [0, 0.1) is 0 Å². The van der Waals surface area contributed by atoms with Gasteiger partial charge in [-0.1, -0.05) is 5.11 Å². The molecule has 0 aromatic rings. The summed E-state index contributed by atoms with van der Waals surface area (Å²) in [6, 6.07) is -3.70. The minimum absolute atomic E-state index is 0.0705. The Hall–Kier alpha value is -4.11. The lowest BCUT2D eigenvalue weighted by Crippen LogP contribution is -2.55. The number of nitrogens with zero attached hydrogens (tertiary/aromatic N) is 5. The smallest absolute Gasteiger partial charge is 0.305 e. The van der Waals surface area contributed by atoms with Crippen molar-refractivity contribution < 1.29 is 29.1 Å². The molecule has 0 aliphatic carbocycles. The molecule has 2 rings (SSSR count). The van der Waals surface area contributed by atoms with Crippen LogP contribution in [0.25, 0.3) is 10.4 Å². The molecule has 4 atom stereocenters. The van der Waals surface area contributed by atoms with Gasteiger partial charge >= 0.3 is 5.97 Å². The van der Waals surface area contributed by atoms with E-state index in [9.17, 15) is 24.0 Å². The Labute approximate surface area is 206 Å². The molecular weight excluding hydrogens is 478 g/mol. The van der Waals surface area contributed by atoms with Crippen LogP contribution in [-0.2, 0) is 24.0 Å². The molecule has 198 valence electrons. The fourth-order valence-electron chi connectivity index (χ4n) is 4.01. The first kappa shape index (κ1) is 28.1. The zero-order chi connectivity index (χ0) is 26.7. The van der Waals surface area contributed by atoms with Crippen molar-refractivity contribution in [2.24, 2.45) is 21.6 Å². The predicted octanol–water partition coefficient (Wildman–Crippen LogP) is -3.52. The van der Waals surface area contributed by atoms with Gasteiger partial charge in [0.2, 0.25) is 23.6 Å². The van der Waals surface area contributed by atoms with E-state index in [2.05, 4.69) is 36.3 Å². The minimum atomic E-state index is -1.38. The third kappa shape index (κ3) is 8.92. The van der Waals surface area contributed by atoms with Gasteiger partial charge in [-0.2, -0.15) is 0 Å². The molecule has 2 fully saturated rings. The molecule has 2 saturated heterocycles. The summed E-state index contributed by atoms with van der Waals surface area (Å²) in [7, 11) is 0. The van der Waals surface area contributed by atoms with Gasteiger partial charge < -0.3 is 37.8 Å². The van der Waals surface area contributed by atoms with Crippen molar-refractivity contribution >= 4 is 35.6 Å². The lowest BCUT2D eigenvalue weighted by atomic mass is 10.1. The molecule has 17 nitrogen and oxygen atoms in total. The number of carbonyl (C=O) groups excluding carboxylic acids is 4. The monoisotopic (exact) mass is 509 g/mol. The van der Waals surface area contributed by atoms with Gasteiger partial charge in [-0.15, -0.1) is 0 Å². The number of guanidine groups is 1. The van der Waals surface area contributed by atoms with E-state index in [4.69, 9.17) is 22.1 Å². The van der Waals surface area contributed by atoms with Crippen LogP contribution in [0.15, 0.2) is 10.1 Å². The van der Waals surface area contributed by atoms with E-state index in [0.29, 0.717) is 6.42 Å². The summed E-state index contributed by atoms with van der Waals surface area (Å²) in [5.74, 6) is -4.05. The molecule has 2 bridgehead atoms. The molecule has 0 spiro atoms. The second-order valence-corrected chi connectivity index (χ2v) is 8.35. The molecule has 2 aliphatic rings. The Bertz CT molecular complexity index is 931. The van der Waals surface area contributed by atoms with Gasteiger partial charge in [0.15, 0.2) is 5.96 Å². The summed E-state index contributed by atoms with van der Waals surface area (Å²) >= 11 is 0. The second-order valence-electron chi connectivity index (χ2n) is 8.35. The topological polar surface area (TPSA) is 270 Å². The number of amides is 4. The summed E-state index contributed by atoms with van der Waals surface area (Å²) in [5.41, 5.74) is 19.2. The number of nitrogens with two attached hydrogens (primary N) is 2. The molecule has 0 unspecified atom stereocenters. The first-order chi connectivity index (χ1) is 17.1. The highest BCUT2D eigenvalue weighted by Crippen LogP contribution is 2.19. The normalized spacial score (nSPS) is 25.3. The summed E-state index contributed by atoms with van der Waals surface area (Å²) in [6.45, 7) is 0.176. The van der Waals surface area contributed by atoms with Crippen LogP contribution in [0.4, 0.5) is 0 Å². The number of azide groups is 1. The molecule has 0 aromatic heterocycles. The third-order valence-corrected chi connectivity index (χ3v) is 5.63. The van der Waals surface area contributed by atoms with Crippen molar-refractivity contribution in [3.8, 4) is 0 Å². The lowest BCUT2D eigenvalue weighted by molar-refractivity contribution is -0.141. The number of hydrogen-bond acceptors (Lipinski definition) is 8. The SMILES string of the molecule is [N-]=[N+]=NCCN1C[C@@H]2C[C@H]1C(=O)N[C@@H](CCCN=C(N)N)C(=O)NCC(=O)N[C@@H](CC(=O)O)C(=O)N2. The van der Waals surface area contributed by atoms with Crippen LogP contribution in [0.5, 0.6) is 0 Å². The Balaban J connectivity index is 2.28. The Morgan fingerprint density at radius 1 is 1.08 bits per heavy atom. The maximum Gasteiger partial charge on any atom is 0.305 e. The van der Waals surface area contributed by atoms with Crippen molar-refractivity contribution in [1.29, 1.82) is 0 Å². The van der Waals surface area contributed by atoms with Gasteiger partial charge in [-0.3, -0.25) is 33.9 Å². The number of aliphatic carboxylic acids is 1. The third-order valence-electron chi connectivity index (χ3n) is 5.63. The molecule has 17 heteroatoms. The fourth-order valence-corrected chi connectivity index (χ4v) is 4.01. The number of nitrogens with one attached hydrogen (secondary N) is 4. The number of rotatable bonds is 9. The molecule has 2 aliphatic heterocycles. The number of carbonyl (C=O) groups is 5. The average molecular weight is 510 g/mol. The molecule has 2 heterocycles. The predicted molar refractivity (Wildman–Crippen MR) is 125 cm³/mol. The molecule has 9 N–H and O–H groups in total. The first-order valence-electron chi connectivity index (χ1n) is 11.3. The lowest BCUT2D eigenvalue weighted by Gasteiger charge is -2.25. The van der Waals surface area contributed by atoms with Crippen LogP contribution in [0.1, 0.15) is 25.7 Å². The summed E-state index contributed by atoms with van der Waals surface area (Å²) in [6.07, 6.45) is 0.0103. The maximum absolute atomic E-state index is 13.2. The highest BCUT2D eigenvalue weighted by Gasteiger charge is 2.39. The number of carboxylic acids is 1.